The summed E-state index contributed by atoms with van der Waals surface area (Å²) in [6.07, 6.45) is 0.644. The third-order valence-electron chi connectivity index (χ3n) is 2.57. The first-order chi connectivity index (χ1) is 9.01. The lowest BCUT2D eigenvalue weighted by atomic mass is 10.2. The van der Waals surface area contributed by atoms with Crippen LogP contribution in [0.4, 0.5) is 20.2 Å². The molecule has 4 nitrogen and oxygen atoms in total. The highest BCUT2D eigenvalue weighted by Gasteiger charge is 2.14. The summed E-state index contributed by atoms with van der Waals surface area (Å²) in [5.74, 6) is -1.70. The zero-order chi connectivity index (χ0) is 14.0. The number of hydrogen-bond acceptors (Lipinski definition) is 3. The number of hydrogen-bond donors (Lipinski definition) is 2. The number of rotatable bonds is 3. The van der Waals surface area contributed by atoms with E-state index in [1.54, 1.807) is 6.07 Å². The lowest BCUT2D eigenvalue weighted by Crippen LogP contribution is -2.12. The normalized spacial score (nSPS) is 10.5. The summed E-state index contributed by atoms with van der Waals surface area (Å²) in [6, 6.07) is 4.78. The number of benzene rings is 1. The summed E-state index contributed by atoms with van der Waals surface area (Å²) in [5, 5.41) is 2.28. The molecule has 0 unspecified atom stereocenters. The van der Waals surface area contributed by atoms with Gasteiger partial charge in [0.1, 0.15) is 17.4 Å². The molecule has 0 bridgehead atoms. The Morgan fingerprint density at radius 3 is 2.68 bits per heavy atom. The fourth-order valence-electron chi connectivity index (χ4n) is 1.54. The Kier molecular flexibility index (Phi) is 3.50. The highest BCUT2D eigenvalue weighted by molar-refractivity contribution is 6.02. The number of anilines is 2. The average molecular weight is 266 g/mol. The van der Waals surface area contributed by atoms with Crippen LogP contribution in [0.1, 0.15) is 23.2 Å². The number of halogens is 2. The Balaban J connectivity index is 2.21. The SMILES string of the molecule is CCc1ccc(C(=O)Nc2cc(N)c(F)cc2F)o1. The Morgan fingerprint density at radius 1 is 1.32 bits per heavy atom. The number of carbonyl (C=O) groups excluding carboxylic acids is 1. The van der Waals surface area contributed by atoms with E-state index in [2.05, 4.69) is 5.32 Å². The third-order valence-corrected chi connectivity index (χ3v) is 2.57. The van der Waals surface area contributed by atoms with Crippen molar-refractivity contribution in [2.75, 3.05) is 11.1 Å². The molecule has 19 heavy (non-hydrogen) atoms. The summed E-state index contributed by atoms with van der Waals surface area (Å²) >= 11 is 0. The van der Waals surface area contributed by atoms with Crippen LogP contribution in [-0.4, -0.2) is 5.91 Å². The standard InChI is InChI=1S/C13H12F2N2O2/c1-2-7-3-4-12(19-7)13(18)17-11-6-10(16)8(14)5-9(11)15/h3-6H,2,16H2,1H3,(H,17,18). The first kappa shape index (κ1) is 13.1. The smallest absolute Gasteiger partial charge is 0.291 e. The predicted octanol–water partition coefficient (Wildman–Crippen LogP) is 2.95. The monoisotopic (exact) mass is 266 g/mol. The fourth-order valence-corrected chi connectivity index (χ4v) is 1.54. The van der Waals surface area contributed by atoms with Crippen LogP contribution >= 0.6 is 0 Å². The molecule has 3 N–H and O–H groups in total. The molecule has 1 amide bonds. The zero-order valence-electron chi connectivity index (χ0n) is 10.2. The van der Waals surface area contributed by atoms with Gasteiger partial charge in [-0.2, -0.15) is 0 Å². The number of nitrogens with one attached hydrogen (secondary N) is 1. The van der Waals surface area contributed by atoms with E-state index in [4.69, 9.17) is 10.2 Å². The minimum atomic E-state index is -0.901. The fraction of sp³-hybridized carbons (Fsp3) is 0.154. The van der Waals surface area contributed by atoms with Gasteiger partial charge in [-0.1, -0.05) is 6.92 Å². The van der Waals surface area contributed by atoms with Crippen LogP contribution in [0, 0.1) is 11.6 Å². The molecular formula is C13H12F2N2O2. The van der Waals surface area contributed by atoms with Gasteiger partial charge < -0.3 is 15.5 Å². The van der Waals surface area contributed by atoms with Crippen LogP contribution in [-0.2, 0) is 6.42 Å². The second-order valence-electron chi connectivity index (χ2n) is 3.93. The molecule has 0 atom stereocenters. The van der Waals surface area contributed by atoms with E-state index in [0.29, 0.717) is 18.2 Å². The molecule has 2 aromatic rings. The van der Waals surface area contributed by atoms with E-state index in [-0.39, 0.29) is 17.1 Å². The van der Waals surface area contributed by atoms with Gasteiger partial charge in [0.05, 0.1) is 11.4 Å². The second-order valence-corrected chi connectivity index (χ2v) is 3.93. The number of furan rings is 1. The van der Waals surface area contributed by atoms with Crippen molar-refractivity contribution in [3.8, 4) is 0 Å². The van der Waals surface area contributed by atoms with E-state index in [1.165, 1.54) is 6.07 Å². The number of carbonyl (C=O) groups is 1. The van der Waals surface area contributed by atoms with E-state index < -0.39 is 17.5 Å². The van der Waals surface area contributed by atoms with Gasteiger partial charge in [0.2, 0.25) is 0 Å². The molecule has 1 aromatic carbocycles. The molecule has 0 fully saturated rings. The van der Waals surface area contributed by atoms with Crippen LogP contribution in [0.3, 0.4) is 0 Å². The van der Waals surface area contributed by atoms with Gasteiger partial charge >= 0.3 is 0 Å². The van der Waals surface area contributed by atoms with E-state index in [1.807, 2.05) is 6.92 Å². The van der Waals surface area contributed by atoms with Crippen molar-refractivity contribution in [2.45, 2.75) is 13.3 Å². The Hall–Kier alpha value is -2.37. The molecule has 1 aromatic heterocycles. The third kappa shape index (κ3) is 2.73. The van der Waals surface area contributed by atoms with E-state index in [9.17, 15) is 13.6 Å². The van der Waals surface area contributed by atoms with Crippen LogP contribution in [0.2, 0.25) is 0 Å². The van der Waals surface area contributed by atoms with Gasteiger partial charge in [0, 0.05) is 12.5 Å². The molecule has 0 radical (unpaired) electrons. The van der Waals surface area contributed by atoms with Crippen LogP contribution < -0.4 is 11.1 Å². The molecule has 0 aliphatic heterocycles. The van der Waals surface area contributed by atoms with E-state index in [0.717, 1.165) is 6.07 Å². The van der Waals surface area contributed by atoms with Crippen LogP contribution in [0.5, 0.6) is 0 Å². The maximum absolute atomic E-state index is 13.4. The quantitative estimate of drug-likeness (QED) is 0.839. The van der Waals surface area contributed by atoms with Gasteiger partial charge in [-0.3, -0.25) is 4.79 Å². The van der Waals surface area contributed by atoms with Crippen molar-refractivity contribution in [3.05, 3.63) is 47.4 Å². The van der Waals surface area contributed by atoms with Gasteiger partial charge in [-0.25, -0.2) is 8.78 Å². The summed E-state index contributed by atoms with van der Waals surface area (Å²) in [6.45, 7) is 1.88. The maximum atomic E-state index is 13.4. The van der Waals surface area contributed by atoms with Gasteiger partial charge in [-0.05, 0) is 18.2 Å². The molecule has 1 heterocycles. The van der Waals surface area contributed by atoms with E-state index >= 15 is 0 Å². The molecule has 0 aliphatic rings. The molecule has 100 valence electrons. The predicted molar refractivity (Wildman–Crippen MR) is 66.8 cm³/mol. The molecule has 0 aliphatic carbocycles. The lowest BCUT2D eigenvalue weighted by Gasteiger charge is -2.06. The second kappa shape index (κ2) is 5.09. The van der Waals surface area contributed by atoms with Crippen molar-refractivity contribution in [3.63, 3.8) is 0 Å². The molecule has 0 saturated heterocycles. The minimum absolute atomic E-state index is 0.0548. The van der Waals surface area contributed by atoms with Crippen molar-refractivity contribution >= 4 is 17.3 Å². The Bertz CT molecular complexity index is 623. The summed E-state index contributed by atoms with van der Waals surface area (Å²) in [7, 11) is 0. The summed E-state index contributed by atoms with van der Waals surface area (Å²) < 4.78 is 31.6. The molecule has 6 heteroatoms. The van der Waals surface area contributed by atoms with Crippen LogP contribution in [0.25, 0.3) is 0 Å². The number of aryl methyl sites for hydroxylation is 1. The maximum Gasteiger partial charge on any atom is 0.291 e. The highest BCUT2D eigenvalue weighted by Crippen LogP contribution is 2.22. The average Bonchev–Trinajstić information content (AvgIpc) is 2.84. The minimum Gasteiger partial charge on any atom is -0.456 e. The van der Waals surface area contributed by atoms with Gasteiger partial charge in [0.15, 0.2) is 5.76 Å². The zero-order valence-corrected chi connectivity index (χ0v) is 10.2. The highest BCUT2D eigenvalue weighted by atomic mass is 19.1. The molecule has 2 rings (SSSR count). The molecule has 0 spiro atoms. The summed E-state index contributed by atoms with van der Waals surface area (Å²) in [5.41, 5.74) is 4.87. The van der Waals surface area contributed by atoms with Crippen molar-refractivity contribution in [1.82, 2.24) is 0 Å². The van der Waals surface area contributed by atoms with Crippen molar-refractivity contribution in [2.24, 2.45) is 0 Å². The lowest BCUT2D eigenvalue weighted by molar-refractivity contribution is 0.0994. The number of nitrogens with two attached hydrogens (primary N) is 1. The topological polar surface area (TPSA) is 68.3 Å². The van der Waals surface area contributed by atoms with Gasteiger partial charge in [0.25, 0.3) is 5.91 Å². The van der Waals surface area contributed by atoms with Crippen molar-refractivity contribution in [1.29, 1.82) is 0 Å². The molecular weight excluding hydrogens is 254 g/mol. The largest absolute Gasteiger partial charge is 0.456 e. The van der Waals surface area contributed by atoms with Crippen molar-refractivity contribution < 1.29 is 18.0 Å². The first-order valence-electron chi connectivity index (χ1n) is 5.66. The summed E-state index contributed by atoms with van der Waals surface area (Å²) in [4.78, 5) is 11.8. The number of nitrogen functional groups attached to an aromatic ring is 1. The molecule has 0 saturated carbocycles. The Labute approximate surface area is 108 Å². The van der Waals surface area contributed by atoms with Gasteiger partial charge in [-0.15, -0.1) is 0 Å². The first-order valence-corrected chi connectivity index (χ1v) is 5.66. The van der Waals surface area contributed by atoms with Crippen LogP contribution in [0.15, 0.2) is 28.7 Å². The Morgan fingerprint density at radius 2 is 2.05 bits per heavy atom. The number of amides is 1.